The summed E-state index contributed by atoms with van der Waals surface area (Å²) >= 11 is 0. The van der Waals surface area contributed by atoms with E-state index in [9.17, 15) is 21.6 Å². The van der Waals surface area contributed by atoms with Gasteiger partial charge in [-0.3, -0.25) is 14.7 Å². The van der Waals surface area contributed by atoms with Crippen molar-refractivity contribution in [3.8, 4) is 0 Å². The molecular formula is C10H13N5O8S2. The Morgan fingerprint density at radius 3 is 2.72 bits per heavy atom. The number of aromatic nitrogens is 1. The number of oxazole rings is 1. The van der Waals surface area contributed by atoms with Crippen molar-refractivity contribution in [1.82, 2.24) is 19.7 Å². The Morgan fingerprint density at radius 1 is 1.40 bits per heavy atom. The van der Waals surface area contributed by atoms with Gasteiger partial charge in [-0.25, -0.2) is 9.78 Å². The fourth-order valence-corrected chi connectivity index (χ4v) is 4.01. The largest absolute Gasteiger partial charge is 0.450 e. The van der Waals surface area contributed by atoms with Gasteiger partial charge >= 0.3 is 16.4 Å². The molecule has 3 N–H and O–H groups in total. The van der Waals surface area contributed by atoms with E-state index >= 15 is 0 Å². The van der Waals surface area contributed by atoms with E-state index in [0.717, 1.165) is 17.6 Å². The van der Waals surface area contributed by atoms with Crippen LogP contribution in [0.15, 0.2) is 22.1 Å². The van der Waals surface area contributed by atoms with E-state index in [-0.39, 0.29) is 19.4 Å². The topological polar surface area (TPSA) is 183 Å². The Kier molecular flexibility index (Phi) is 4.18. The van der Waals surface area contributed by atoms with Gasteiger partial charge in [-0.2, -0.15) is 21.9 Å². The number of amidine groups is 1. The SMILES string of the molecule is N=C(NS(=O)(=O)c1cocn1)[C@@H]1CC[C@@H]2CN1C(=O)N2OS(=O)(=O)O. The highest BCUT2D eigenvalue weighted by atomic mass is 32.3. The number of rotatable bonds is 5. The van der Waals surface area contributed by atoms with E-state index in [1.54, 1.807) is 0 Å². The predicted octanol–water partition coefficient (Wildman–Crippen LogP) is -1.07. The third kappa shape index (κ3) is 3.44. The number of hydrogen-bond acceptors (Lipinski definition) is 9. The van der Waals surface area contributed by atoms with E-state index in [2.05, 4.69) is 13.7 Å². The van der Waals surface area contributed by atoms with Crippen LogP contribution in [0.5, 0.6) is 0 Å². The number of piperidine rings is 1. The average Bonchev–Trinajstić information content (AvgIpc) is 3.11. The Hall–Kier alpha value is -2.23. The Bertz CT molecular complexity index is 896. The van der Waals surface area contributed by atoms with E-state index in [4.69, 9.17) is 9.96 Å². The third-order valence-electron chi connectivity index (χ3n) is 3.76. The van der Waals surface area contributed by atoms with Crippen molar-refractivity contribution >= 4 is 32.3 Å². The molecule has 2 amide bonds. The molecule has 2 bridgehead atoms. The van der Waals surface area contributed by atoms with E-state index in [1.807, 2.05) is 4.72 Å². The fourth-order valence-electron chi connectivity index (χ4n) is 2.73. The van der Waals surface area contributed by atoms with Crippen LogP contribution in [0.1, 0.15) is 12.8 Å². The molecule has 1 aromatic rings. The van der Waals surface area contributed by atoms with Crippen LogP contribution < -0.4 is 4.72 Å². The van der Waals surface area contributed by atoms with Gasteiger partial charge in [0.05, 0.1) is 12.1 Å². The lowest BCUT2D eigenvalue weighted by atomic mass is 10.0. The van der Waals surface area contributed by atoms with Gasteiger partial charge in [-0.1, -0.05) is 0 Å². The molecule has 2 atom stereocenters. The second kappa shape index (κ2) is 5.94. The molecule has 0 unspecified atom stereocenters. The first kappa shape index (κ1) is 17.6. The zero-order valence-corrected chi connectivity index (χ0v) is 14.0. The van der Waals surface area contributed by atoms with Crippen LogP contribution in [-0.2, 0) is 24.7 Å². The van der Waals surface area contributed by atoms with E-state index < -0.39 is 49.4 Å². The Morgan fingerprint density at radius 2 is 2.12 bits per heavy atom. The summed E-state index contributed by atoms with van der Waals surface area (Å²) in [4.78, 5) is 16.8. The molecule has 0 spiro atoms. The van der Waals surface area contributed by atoms with Crippen LogP contribution >= 0.6 is 0 Å². The van der Waals surface area contributed by atoms with E-state index in [1.165, 1.54) is 0 Å². The van der Waals surface area contributed by atoms with Crippen molar-refractivity contribution in [2.24, 2.45) is 0 Å². The number of sulfonamides is 1. The molecule has 0 aromatic carbocycles. The number of carbonyl (C=O) groups excluding carboxylic acids is 1. The second-order valence-electron chi connectivity index (χ2n) is 5.36. The predicted molar refractivity (Wildman–Crippen MR) is 77.9 cm³/mol. The van der Waals surface area contributed by atoms with E-state index in [0.29, 0.717) is 5.06 Å². The quantitative estimate of drug-likeness (QED) is 0.317. The number of carbonyl (C=O) groups is 1. The van der Waals surface area contributed by atoms with Gasteiger partial charge in [0.1, 0.15) is 12.1 Å². The molecule has 1 aromatic heterocycles. The summed E-state index contributed by atoms with van der Waals surface area (Å²) in [7, 11) is -9.02. The highest BCUT2D eigenvalue weighted by molar-refractivity contribution is 7.90. The Labute approximate surface area is 142 Å². The number of hydroxylamine groups is 2. The van der Waals surface area contributed by atoms with Crippen molar-refractivity contribution in [2.45, 2.75) is 30.0 Å². The number of hydrogen-bond donors (Lipinski definition) is 3. The van der Waals surface area contributed by atoms with Gasteiger partial charge in [0.25, 0.3) is 10.0 Å². The molecule has 3 heterocycles. The van der Waals surface area contributed by atoms with Crippen LogP contribution in [0.2, 0.25) is 0 Å². The lowest BCUT2D eigenvalue weighted by molar-refractivity contribution is -0.0316. The van der Waals surface area contributed by atoms with Crippen molar-refractivity contribution in [1.29, 1.82) is 5.41 Å². The molecule has 13 nitrogen and oxygen atoms in total. The van der Waals surface area contributed by atoms with Crippen molar-refractivity contribution in [3.05, 3.63) is 12.7 Å². The number of fused-ring (bicyclic) bond motifs is 2. The molecule has 2 aliphatic rings. The maximum absolute atomic E-state index is 12.2. The fraction of sp³-hybridized carbons (Fsp3) is 0.500. The first-order valence-corrected chi connectivity index (χ1v) is 9.69. The lowest BCUT2D eigenvalue weighted by Crippen LogP contribution is -2.50. The number of nitrogens with one attached hydrogen (secondary N) is 2. The summed E-state index contributed by atoms with van der Waals surface area (Å²) in [6.07, 6.45) is 2.24. The van der Waals surface area contributed by atoms with Gasteiger partial charge in [0.15, 0.2) is 6.39 Å². The standard InChI is InChI=1S/C10H13N5O8S2/c11-9(13-24(17,18)8-4-22-5-12-8)7-2-1-6-3-14(7)10(16)15(6)23-25(19,20)21/h4-7H,1-3H2,(H2,11,13)(H,19,20,21)/t6-,7+/m1/s1. The second-order valence-corrected chi connectivity index (χ2v) is 7.99. The Balaban J connectivity index is 1.75. The molecule has 0 saturated carbocycles. The van der Waals surface area contributed by atoms with Crippen molar-refractivity contribution < 1.29 is 34.9 Å². The normalized spacial score (nSPS) is 23.8. The molecule has 0 radical (unpaired) electrons. The highest BCUT2D eigenvalue weighted by Crippen LogP contribution is 2.31. The van der Waals surface area contributed by atoms with Crippen LogP contribution in [0.4, 0.5) is 4.79 Å². The number of urea groups is 1. The minimum absolute atomic E-state index is 0.0209. The number of amides is 2. The van der Waals surface area contributed by atoms with Crippen LogP contribution in [-0.4, -0.2) is 66.8 Å². The summed E-state index contributed by atoms with van der Waals surface area (Å²) in [6, 6.07) is -2.46. The van der Waals surface area contributed by atoms with Crippen LogP contribution in [0.3, 0.4) is 0 Å². The smallest absolute Gasteiger partial charge is 0.418 e. The van der Waals surface area contributed by atoms with Crippen molar-refractivity contribution in [3.63, 3.8) is 0 Å². The van der Waals surface area contributed by atoms with Gasteiger partial charge in [0, 0.05) is 6.54 Å². The van der Waals surface area contributed by atoms with Gasteiger partial charge in [-0.15, -0.1) is 4.28 Å². The minimum Gasteiger partial charge on any atom is -0.450 e. The molecule has 2 saturated heterocycles. The lowest BCUT2D eigenvalue weighted by Gasteiger charge is -2.30. The van der Waals surface area contributed by atoms with Gasteiger partial charge < -0.3 is 9.32 Å². The maximum atomic E-state index is 12.2. The minimum atomic E-state index is -4.88. The monoisotopic (exact) mass is 395 g/mol. The molecule has 15 heteroatoms. The molecule has 25 heavy (non-hydrogen) atoms. The van der Waals surface area contributed by atoms with Gasteiger partial charge in [-0.05, 0) is 12.8 Å². The summed E-state index contributed by atoms with van der Waals surface area (Å²) in [5, 5.41) is 8.05. The van der Waals surface area contributed by atoms with Crippen LogP contribution in [0.25, 0.3) is 0 Å². The molecular weight excluding hydrogens is 382 g/mol. The molecule has 2 fully saturated rings. The first-order chi connectivity index (χ1) is 11.6. The molecule has 0 aliphatic carbocycles. The zero-order chi connectivity index (χ0) is 18.4. The summed E-state index contributed by atoms with van der Waals surface area (Å²) in [5.41, 5.74) is 0. The highest BCUT2D eigenvalue weighted by Gasteiger charge is 2.48. The molecule has 2 aliphatic heterocycles. The molecule has 3 rings (SSSR count). The number of nitrogens with zero attached hydrogens (tertiary/aromatic N) is 3. The van der Waals surface area contributed by atoms with Crippen LogP contribution in [0, 0.1) is 5.41 Å². The third-order valence-corrected chi connectivity index (χ3v) is 5.35. The summed E-state index contributed by atoms with van der Waals surface area (Å²) < 4.78 is 65.4. The summed E-state index contributed by atoms with van der Waals surface area (Å²) in [5.74, 6) is -0.483. The summed E-state index contributed by atoms with van der Waals surface area (Å²) in [6.45, 7) is 0.0209. The zero-order valence-electron chi connectivity index (χ0n) is 12.4. The maximum Gasteiger partial charge on any atom is 0.418 e. The van der Waals surface area contributed by atoms with Crippen molar-refractivity contribution in [2.75, 3.05) is 6.54 Å². The molecule has 138 valence electrons. The first-order valence-electron chi connectivity index (χ1n) is 6.85. The van der Waals surface area contributed by atoms with Gasteiger partial charge in [0.2, 0.25) is 5.03 Å². The average molecular weight is 395 g/mol.